The molecule has 1 fully saturated rings. The number of amides is 2. The largest absolute Gasteiger partial charge is 0.465 e. The van der Waals surface area contributed by atoms with Crippen molar-refractivity contribution in [2.75, 3.05) is 18.5 Å². The number of aromatic nitrogens is 2. The van der Waals surface area contributed by atoms with Crippen molar-refractivity contribution in [1.29, 1.82) is 5.26 Å². The molecule has 1 aromatic carbocycles. The number of carbonyl (C=O) groups is 2. The Hall–Kier alpha value is -3.75. The molecule has 12 heteroatoms. The highest BCUT2D eigenvalue weighted by atomic mass is 19.2. The zero-order valence-electron chi connectivity index (χ0n) is 17.0. The summed E-state index contributed by atoms with van der Waals surface area (Å²) in [7, 11) is 0. The third-order valence-corrected chi connectivity index (χ3v) is 5.58. The quantitative estimate of drug-likeness (QED) is 0.578. The maximum atomic E-state index is 16.4. The molecule has 0 spiro atoms. The Morgan fingerprint density at radius 3 is 2.62 bits per heavy atom. The fraction of sp³-hybridized carbons (Fsp3) is 0.400. The summed E-state index contributed by atoms with van der Waals surface area (Å²) in [6.45, 7) is -0.312. The van der Waals surface area contributed by atoms with E-state index in [0.717, 1.165) is 23.0 Å². The molecule has 1 aliphatic rings. The minimum absolute atomic E-state index is 0.0232. The zero-order chi connectivity index (χ0) is 23.6. The number of alkyl halides is 2. The summed E-state index contributed by atoms with van der Waals surface area (Å²) in [6, 6.07) is 5.45. The van der Waals surface area contributed by atoms with Gasteiger partial charge in [-0.1, -0.05) is 6.92 Å². The molecule has 2 heterocycles. The average Bonchev–Trinajstić information content (AvgIpc) is 3.17. The Morgan fingerprint density at radius 1 is 1.44 bits per heavy atom. The van der Waals surface area contributed by atoms with Crippen molar-refractivity contribution in [3.8, 4) is 6.07 Å². The molecule has 170 valence electrons. The number of likely N-dealkylation sites (tertiary alicyclic amines) is 1. The summed E-state index contributed by atoms with van der Waals surface area (Å²) in [6.07, 6.45) is -0.542. The van der Waals surface area contributed by atoms with Gasteiger partial charge in [-0.25, -0.2) is 13.6 Å². The van der Waals surface area contributed by atoms with Gasteiger partial charge in [0.1, 0.15) is 17.4 Å². The van der Waals surface area contributed by atoms with Gasteiger partial charge in [0, 0.05) is 24.3 Å². The first kappa shape index (κ1) is 22.9. The molecule has 4 N–H and O–H groups in total. The second kappa shape index (κ2) is 8.78. The van der Waals surface area contributed by atoms with Crippen molar-refractivity contribution in [1.82, 2.24) is 14.7 Å². The number of halogens is 3. The fourth-order valence-corrected chi connectivity index (χ4v) is 3.93. The Morgan fingerprint density at radius 2 is 2.09 bits per heavy atom. The van der Waals surface area contributed by atoms with E-state index in [2.05, 4.69) is 10.4 Å². The number of nitrogens with two attached hydrogens (primary N) is 1. The summed E-state index contributed by atoms with van der Waals surface area (Å²) in [5.74, 6) is -6.86. The van der Waals surface area contributed by atoms with E-state index in [4.69, 9.17) is 5.73 Å². The van der Waals surface area contributed by atoms with Gasteiger partial charge < -0.3 is 16.2 Å². The van der Waals surface area contributed by atoms with Gasteiger partial charge >= 0.3 is 6.09 Å². The van der Waals surface area contributed by atoms with Gasteiger partial charge in [-0.2, -0.15) is 10.4 Å². The van der Waals surface area contributed by atoms with Crippen LogP contribution in [0.3, 0.4) is 0 Å². The van der Waals surface area contributed by atoms with Gasteiger partial charge in [0.05, 0.1) is 18.7 Å². The first-order chi connectivity index (χ1) is 15.1. The molecule has 0 aliphatic carbocycles. The molecule has 3 rings (SSSR count). The Balaban J connectivity index is 2.13. The molecule has 0 radical (unpaired) electrons. The molecule has 1 aliphatic heterocycles. The Bertz CT molecular complexity index is 1050. The Kier molecular flexibility index (Phi) is 6.29. The van der Waals surface area contributed by atoms with Crippen LogP contribution in [0.1, 0.15) is 29.7 Å². The maximum absolute atomic E-state index is 16.4. The third-order valence-electron chi connectivity index (χ3n) is 5.58. The number of hydrogen-bond acceptors (Lipinski definition) is 5. The van der Waals surface area contributed by atoms with Crippen molar-refractivity contribution >= 4 is 23.5 Å². The smallest absolute Gasteiger partial charge is 0.409 e. The van der Waals surface area contributed by atoms with Crippen molar-refractivity contribution in [3.63, 3.8) is 0 Å². The highest BCUT2D eigenvalue weighted by Crippen LogP contribution is 2.47. The highest BCUT2D eigenvalue weighted by molar-refractivity contribution is 5.98. The summed E-state index contributed by atoms with van der Waals surface area (Å²) in [5, 5.41) is 26.1. The molecule has 1 saturated heterocycles. The van der Waals surface area contributed by atoms with Crippen molar-refractivity contribution in [3.05, 3.63) is 41.8 Å². The van der Waals surface area contributed by atoms with Crippen LogP contribution in [0, 0.1) is 29.0 Å². The van der Waals surface area contributed by atoms with Crippen LogP contribution in [0.25, 0.3) is 0 Å². The van der Waals surface area contributed by atoms with E-state index < -0.39 is 48.2 Å². The summed E-state index contributed by atoms with van der Waals surface area (Å²) in [4.78, 5) is 24.2. The SMILES string of the molecule is CC(CF)C1(F)[C@@H](n2cc(C(N)=O)c(Nc3ccc(F)cc3)n2)[C@H](C#N)CCN1C(=O)O. The average molecular weight is 450 g/mol. The lowest BCUT2D eigenvalue weighted by Gasteiger charge is -2.49. The number of piperidine rings is 1. The maximum Gasteiger partial charge on any atom is 0.409 e. The van der Waals surface area contributed by atoms with Crippen LogP contribution in [0.2, 0.25) is 0 Å². The van der Waals surface area contributed by atoms with E-state index in [9.17, 15) is 28.7 Å². The molecule has 2 unspecified atom stereocenters. The summed E-state index contributed by atoms with van der Waals surface area (Å²) < 4.78 is 44.1. The van der Waals surface area contributed by atoms with Crippen molar-refractivity contribution in [2.24, 2.45) is 17.6 Å². The summed E-state index contributed by atoms with van der Waals surface area (Å²) in [5.41, 5.74) is 5.59. The van der Waals surface area contributed by atoms with Gasteiger partial charge in [0.2, 0.25) is 5.79 Å². The number of rotatable bonds is 6. The number of anilines is 2. The molecule has 2 aromatic rings. The van der Waals surface area contributed by atoms with Crippen LogP contribution < -0.4 is 11.1 Å². The first-order valence-corrected chi connectivity index (χ1v) is 9.70. The number of hydrogen-bond donors (Lipinski definition) is 3. The van der Waals surface area contributed by atoms with E-state index in [1.807, 2.05) is 6.07 Å². The van der Waals surface area contributed by atoms with Gasteiger partial charge in [-0.15, -0.1) is 0 Å². The van der Waals surface area contributed by atoms with Crippen LogP contribution in [-0.2, 0) is 0 Å². The van der Waals surface area contributed by atoms with E-state index >= 15 is 4.39 Å². The minimum Gasteiger partial charge on any atom is -0.465 e. The summed E-state index contributed by atoms with van der Waals surface area (Å²) >= 11 is 0. The lowest BCUT2D eigenvalue weighted by atomic mass is 9.79. The van der Waals surface area contributed by atoms with Gasteiger partial charge in [-0.05, 0) is 30.7 Å². The van der Waals surface area contributed by atoms with Gasteiger partial charge in [-0.3, -0.25) is 18.8 Å². The molecular weight excluding hydrogens is 429 g/mol. The monoisotopic (exact) mass is 450 g/mol. The lowest BCUT2D eigenvalue weighted by molar-refractivity contribution is -0.138. The third kappa shape index (κ3) is 3.93. The van der Waals surface area contributed by atoms with Crippen molar-refractivity contribution < 1.29 is 27.9 Å². The fourth-order valence-electron chi connectivity index (χ4n) is 3.93. The molecular formula is C20H21F3N6O3. The van der Waals surface area contributed by atoms with E-state index in [-0.39, 0.29) is 24.3 Å². The van der Waals surface area contributed by atoms with E-state index in [1.54, 1.807) is 0 Å². The molecule has 0 bridgehead atoms. The number of primary amides is 1. The topological polar surface area (TPSA) is 137 Å². The Labute approximate surface area is 181 Å². The number of carbonyl (C=O) groups excluding carboxylic acids is 1. The molecule has 0 saturated carbocycles. The van der Waals surface area contributed by atoms with E-state index in [1.165, 1.54) is 19.1 Å². The normalized spacial score (nSPS) is 23.9. The number of benzene rings is 1. The predicted octanol–water partition coefficient (Wildman–Crippen LogP) is 3.20. The van der Waals surface area contributed by atoms with Gasteiger partial charge in [0.25, 0.3) is 5.91 Å². The van der Waals surface area contributed by atoms with Crippen LogP contribution in [-0.4, -0.2) is 50.8 Å². The van der Waals surface area contributed by atoms with Crippen LogP contribution >= 0.6 is 0 Å². The lowest BCUT2D eigenvalue weighted by Crippen LogP contribution is -2.62. The van der Waals surface area contributed by atoms with Crippen LogP contribution in [0.5, 0.6) is 0 Å². The number of nitriles is 1. The van der Waals surface area contributed by atoms with Crippen LogP contribution in [0.4, 0.5) is 29.5 Å². The molecule has 32 heavy (non-hydrogen) atoms. The predicted molar refractivity (Wildman–Crippen MR) is 107 cm³/mol. The van der Waals surface area contributed by atoms with Crippen molar-refractivity contribution in [2.45, 2.75) is 25.2 Å². The molecule has 2 amide bonds. The highest BCUT2D eigenvalue weighted by Gasteiger charge is 2.58. The second-order valence-electron chi connectivity index (χ2n) is 7.55. The minimum atomic E-state index is -2.83. The number of nitrogens with zero attached hydrogens (tertiary/aromatic N) is 4. The van der Waals surface area contributed by atoms with E-state index in [0.29, 0.717) is 10.6 Å². The molecule has 1 aromatic heterocycles. The molecule has 4 atom stereocenters. The standard InChI is InChI=1S/C20H21F3N6O3/c1-11(8-21)20(23)16(12(9-24)6-7-28(20)19(31)32)29-10-15(17(25)30)18(27-29)26-14-4-2-13(22)3-5-14/h2-5,10-12,16H,6-8H2,1H3,(H2,25,30)(H,26,27)(H,31,32)/t11?,12-,16-,20?/m0/s1. The van der Waals surface area contributed by atoms with Crippen LogP contribution in [0.15, 0.2) is 30.5 Å². The number of nitrogens with one attached hydrogen (secondary N) is 1. The molecule has 9 nitrogen and oxygen atoms in total. The first-order valence-electron chi connectivity index (χ1n) is 9.70. The van der Waals surface area contributed by atoms with Gasteiger partial charge in [0.15, 0.2) is 5.82 Å². The second-order valence-corrected chi connectivity index (χ2v) is 7.55. The zero-order valence-corrected chi connectivity index (χ0v) is 17.0. The number of carboxylic acid groups (broad SMARTS) is 1.